The molecule has 2 rings (SSSR count). The molecule has 0 fully saturated rings. The highest BCUT2D eigenvalue weighted by molar-refractivity contribution is 5.68. The van der Waals surface area contributed by atoms with Gasteiger partial charge in [-0.1, -0.05) is 0 Å². The van der Waals surface area contributed by atoms with Crippen LogP contribution in [0.4, 0.5) is 0 Å². The van der Waals surface area contributed by atoms with Crippen molar-refractivity contribution < 1.29 is 4.74 Å². The molecule has 1 heterocycles. The molecule has 0 saturated heterocycles. The predicted octanol–water partition coefficient (Wildman–Crippen LogP) is 2.70. The number of aromatic amines is 1. The molecule has 0 bridgehead atoms. The van der Waals surface area contributed by atoms with E-state index in [1.807, 2.05) is 6.07 Å². The third kappa shape index (κ3) is 1.73. The smallest absolute Gasteiger partial charge is 0.128 e. The van der Waals surface area contributed by atoms with Crippen LogP contribution in [0.1, 0.15) is 11.1 Å². The third-order valence-corrected chi connectivity index (χ3v) is 2.60. The molecule has 3 nitrogen and oxygen atoms in total. The van der Waals surface area contributed by atoms with Crippen LogP contribution in [0, 0.1) is 13.8 Å². The van der Waals surface area contributed by atoms with E-state index in [1.54, 1.807) is 19.6 Å². The normalized spacial score (nSPS) is 10.3. The molecule has 0 saturated carbocycles. The average Bonchev–Trinajstić information content (AvgIpc) is 2.74. The Labute approximate surface area is 89.1 Å². The number of hydrogen-bond donors (Lipinski definition) is 1. The van der Waals surface area contributed by atoms with Crippen LogP contribution in [-0.2, 0) is 0 Å². The third-order valence-electron chi connectivity index (χ3n) is 2.60. The summed E-state index contributed by atoms with van der Waals surface area (Å²) in [5, 5.41) is 0. The van der Waals surface area contributed by atoms with Crippen molar-refractivity contribution in [3.63, 3.8) is 0 Å². The van der Waals surface area contributed by atoms with Gasteiger partial charge in [0.05, 0.1) is 25.3 Å². The van der Waals surface area contributed by atoms with Crippen LogP contribution in [0.2, 0.25) is 0 Å². The lowest BCUT2D eigenvalue weighted by Gasteiger charge is -2.10. The number of benzene rings is 1. The number of nitrogens with one attached hydrogen (secondary N) is 1. The number of H-pyrrole nitrogens is 1. The van der Waals surface area contributed by atoms with E-state index in [0.717, 1.165) is 17.0 Å². The van der Waals surface area contributed by atoms with Crippen LogP contribution in [0.15, 0.2) is 24.7 Å². The second kappa shape index (κ2) is 3.77. The van der Waals surface area contributed by atoms with Gasteiger partial charge in [-0.2, -0.15) is 0 Å². The number of nitrogens with zero attached hydrogens (tertiary/aromatic N) is 1. The minimum Gasteiger partial charge on any atom is -0.496 e. The summed E-state index contributed by atoms with van der Waals surface area (Å²) in [7, 11) is 1.68. The molecule has 0 atom stereocenters. The largest absolute Gasteiger partial charge is 0.496 e. The van der Waals surface area contributed by atoms with Crippen LogP contribution in [0.3, 0.4) is 0 Å². The maximum absolute atomic E-state index is 5.36. The van der Waals surface area contributed by atoms with E-state index in [1.165, 1.54) is 11.1 Å². The molecule has 78 valence electrons. The van der Waals surface area contributed by atoms with Crippen LogP contribution in [0.25, 0.3) is 11.3 Å². The highest BCUT2D eigenvalue weighted by atomic mass is 16.5. The standard InChI is InChI=1S/C12H14N2O/c1-8-4-10(11-6-13-7-14-11)12(15-3)5-9(8)2/h4-7H,1-3H3,(H,13,14). The van der Waals surface area contributed by atoms with E-state index in [4.69, 9.17) is 4.74 Å². The van der Waals surface area contributed by atoms with E-state index in [0.29, 0.717) is 0 Å². The van der Waals surface area contributed by atoms with Gasteiger partial charge in [0, 0.05) is 5.56 Å². The molecule has 0 unspecified atom stereocenters. The molecule has 15 heavy (non-hydrogen) atoms. The lowest BCUT2D eigenvalue weighted by Crippen LogP contribution is -1.91. The van der Waals surface area contributed by atoms with Gasteiger partial charge in [0.15, 0.2) is 0 Å². The first kappa shape index (κ1) is 9.77. The molecular weight excluding hydrogens is 188 g/mol. The summed E-state index contributed by atoms with van der Waals surface area (Å²) in [5.74, 6) is 0.877. The zero-order valence-corrected chi connectivity index (χ0v) is 9.16. The topological polar surface area (TPSA) is 37.9 Å². The van der Waals surface area contributed by atoms with E-state index < -0.39 is 0 Å². The number of imidazole rings is 1. The molecule has 0 aliphatic rings. The van der Waals surface area contributed by atoms with Gasteiger partial charge in [-0.15, -0.1) is 0 Å². The van der Waals surface area contributed by atoms with Crippen LogP contribution in [0.5, 0.6) is 5.75 Å². The molecule has 0 radical (unpaired) electrons. The fraction of sp³-hybridized carbons (Fsp3) is 0.250. The molecule has 0 aliphatic carbocycles. The maximum Gasteiger partial charge on any atom is 0.128 e. The van der Waals surface area contributed by atoms with E-state index in [2.05, 4.69) is 29.9 Å². The SMILES string of the molecule is COc1cc(C)c(C)cc1-c1cnc[nH]1. The van der Waals surface area contributed by atoms with Gasteiger partial charge in [0.1, 0.15) is 5.75 Å². The van der Waals surface area contributed by atoms with Crippen LogP contribution in [-0.4, -0.2) is 17.1 Å². The summed E-state index contributed by atoms with van der Waals surface area (Å²) in [6, 6.07) is 4.16. The summed E-state index contributed by atoms with van der Waals surface area (Å²) in [5.41, 5.74) is 4.52. The Balaban J connectivity index is 2.60. The Kier molecular flexibility index (Phi) is 2.46. The molecule has 2 aromatic rings. The van der Waals surface area contributed by atoms with Crippen molar-refractivity contribution in [1.29, 1.82) is 0 Å². The van der Waals surface area contributed by atoms with Gasteiger partial charge in [-0.25, -0.2) is 4.98 Å². The number of ether oxygens (including phenoxy) is 1. The lowest BCUT2D eigenvalue weighted by atomic mass is 10.0. The molecule has 0 spiro atoms. The van der Waals surface area contributed by atoms with E-state index in [9.17, 15) is 0 Å². The van der Waals surface area contributed by atoms with Gasteiger partial charge >= 0.3 is 0 Å². The fourth-order valence-electron chi connectivity index (χ4n) is 1.57. The second-order valence-corrected chi connectivity index (χ2v) is 3.60. The Bertz CT molecular complexity index is 461. The highest BCUT2D eigenvalue weighted by Crippen LogP contribution is 2.30. The van der Waals surface area contributed by atoms with Crippen molar-refractivity contribution >= 4 is 0 Å². The zero-order valence-electron chi connectivity index (χ0n) is 9.16. The molecular formula is C12H14N2O. The molecule has 1 aromatic carbocycles. The first-order chi connectivity index (χ1) is 7.22. The van der Waals surface area contributed by atoms with Gasteiger partial charge < -0.3 is 9.72 Å². The minimum absolute atomic E-state index is 0.877. The van der Waals surface area contributed by atoms with E-state index >= 15 is 0 Å². The van der Waals surface area contributed by atoms with Crippen molar-refractivity contribution in [3.05, 3.63) is 35.8 Å². The second-order valence-electron chi connectivity index (χ2n) is 3.60. The summed E-state index contributed by atoms with van der Waals surface area (Å²) in [4.78, 5) is 7.10. The lowest BCUT2D eigenvalue weighted by molar-refractivity contribution is 0.416. The Hall–Kier alpha value is -1.77. The van der Waals surface area contributed by atoms with Crippen LogP contribution >= 0.6 is 0 Å². The van der Waals surface area contributed by atoms with Crippen molar-refractivity contribution in [2.24, 2.45) is 0 Å². The molecule has 0 amide bonds. The predicted molar refractivity (Wildman–Crippen MR) is 60.0 cm³/mol. The fourth-order valence-corrected chi connectivity index (χ4v) is 1.57. The Morgan fingerprint density at radius 2 is 1.93 bits per heavy atom. The highest BCUT2D eigenvalue weighted by Gasteiger charge is 2.08. The van der Waals surface area contributed by atoms with Crippen LogP contribution < -0.4 is 4.74 Å². The average molecular weight is 202 g/mol. The maximum atomic E-state index is 5.36. The number of hydrogen-bond acceptors (Lipinski definition) is 2. The molecule has 0 aliphatic heterocycles. The quantitative estimate of drug-likeness (QED) is 0.813. The summed E-state index contributed by atoms with van der Waals surface area (Å²) >= 11 is 0. The molecule has 1 aromatic heterocycles. The summed E-state index contributed by atoms with van der Waals surface area (Å²) in [6.45, 7) is 4.17. The summed E-state index contributed by atoms with van der Waals surface area (Å²) in [6.07, 6.45) is 3.47. The van der Waals surface area contributed by atoms with Crippen molar-refractivity contribution in [1.82, 2.24) is 9.97 Å². The number of methoxy groups -OCH3 is 1. The van der Waals surface area contributed by atoms with Gasteiger partial charge in [-0.05, 0) is 37.1 Å². The molecule has 1 N–H and O–H groups in total. The van der Waals surface area contributed by atoms with Crippen molar-refractivity contribution in [3.8, 4) is 17.0 Å². The Morgan fingerprint density at radius 3 is 2.53 bits per heavy atom. The zero-order chi connectivity index (χ0) is 10.8. The first-order valence-corrected chi connectivity index (χ1v) is 4.86. The first-order valence-electron chi connectivity index (χ1n) is 4.86. The van der Waals surface area contributed by atoms with Gasteiger partial charge in [0.2, 0.25) is 0 Å². The van der Waals surface area contributed by atoms with Crippen molar-refractivity contribution in [2.45, 2.75) is 13.8 Å². The molecule has 3 heteroatoms. The summed E-state index contributed by atoms with van der Waals surface area (Å²) < 4.78 is 5.36. The van der Waals surface area contributed by atoms with Gasteiger partial charge in [-0.3, -0.25) is 0 Å². The van der Waals surface area contributed by atoms with Crippen molar-refractivity contribution in [2.75, 3.05) is 7.11 Å². The van der Waals surface area contributed by atoms with Gasteiger partial charge in [0.25, 0.3) is 0 Å². The number of aryl methyl sites for hydroxylation is 2. The number of rotatable bonds is 2. The van der Waals surface area contributed by atoms with E-state index in [-0.39, 0.29) is 0 Å². The number of aromatic nitrogens is 2. The minimum atomic E-state index is 0.877. The monoisotopic (exact) mass is 202 g/mol. The Morgan fingerprint density at radius 1 is 1.20 bits per heavy atom.